The van der Waals surface area contributed by atoms with Crippen LogP contribution >= 0.6 is 0 Å². The number of nitrogens with one attached hydrogen (secondary N) is 2. The highest BCUT2D eigenvalue weighted by Crippen LogP contribution is 2.28. The van der Waals surface area contributed by atoms with E-state index in [2.05, 4.69) is 10.6 Å². The van der Waals surface area contributed by atoms with E-state index in [1.165, 1.54) is 0 Å². The van der Waals surface area contributed by atoms with Gasteiger partial charge in [0, 0.05) is 19.2 Å². The lowest BCUT2D eigenvalue weighted by molar-refractivity contribution is -0.118. The standard InChI is InChI=1S/C13H18N2O3/c1-9(4-5-16)14-7-10-2-3-12-11(6-10)15-13(17)8-18-12/h2-3,6,9,14,16H,4-5,7-8H2,1H3,(H,15,17). The van der Waals surface area contributed by atoms with Gasteiger partial charge in [0.1, 0.15) is 5.75 Å². The summed E-state index contributed by atoms with van der Waals surface area (Å²) in [5, 5.41) is 14.9. The van der Waals surface area contributed by atoms with Gasteiger partial charge in [-0.25, -0.2) is 0 Å². The Morgan fingerprint density at radius 3 is 3.17 bits per heavy atom. The molecule has 5 nitrogen and oxygen atoms in total. The molecule has 0 radical (unpaired) electrons. The maximum Gasteiger partial charge on any atom is 0.262 e. The van der Waals surface area contributed by atoms with Gasteiger partial charge in [-0.3, -0.25) is 4.79 Å². The third-order valence-electron chi connectivity index (χ3n) is 2.89. The molecule has 0 saturated carbocycles. The second-order valence-electron chi connectivity index (χ2n) is 4.46. The monoisotopic (exact) mass is 250 g/mol. The van der Waals surface area contributed by atoms with Crippen LogP contribution in [-0.2, 0) is 11.3 Å². The van der Waals surface area contributed by atoms with E-state index in [0.29, 0.717) is 12.3 Å². The fourth-order valence-electron chi connectivity index (χ4n) is 1.83. The van der Waals surface area contributed by atoms with E-state index < -0.39 is 0 Å². The normalized spacial score (nSPS) is 15.6. The molecule has 98 valence electrons. The topological polar surface area (TPSA) is 70.6 Å². The first kappa shape index (κ1) is 12.9. The number of fused-ring (bicyclic) bond motifs is 1. The second-order valence-corrected chi connectivity index (χ2v) is 4.46. The van der Waals surface area contributed by atoms with Gasteiger partial charge in [0.15, 0.2) is 6.61 Å². The summed E-state index contributed by atoms with van der Waals surface area (Å²) in [4.78, 5) is 11.2. The molecule has 1 amide bonds. The maximum atomic E-state index is 11.2. The minimum Gasteiger partial charge on any atom is -0.482 e. The Bertz CT molecular complexity index is 434. The molecule has 1 aromatic rings. The molecule has 1 aliphatic rings. The van der Waals surface area contributed by atoms with Crippen LogP contribution in [0.15, 0.2) is 18.2 Å². The summed E-state index contributed by atoms with van der Waals surface area (Å²) in [6, 6.07) is 6.00. The highest BCUT2D eigenvalue weighted by Gasteiger charge is 2.15. The van der Waals surface area contributed by atoms with Gasteiger partial charge >= 0.3 is 0 Å². The van der Waals surface area contributed by atoms with Crippen LogP contribution in [-0.4, -0.2) is 30.3 Å². The van der Waals surface area contributed by atoms with E-state index in [9.17, 15) is 4.79 Å². The average Bonchev–Trinajstić information content (AvgIpc) is 2.36. The van der Waals surface area contributed by atoms with Crippen LogP contribution in [0.1, 0.15) is 18.9 Å². The summed E-state index contributed by atoms with van der Waals surface area (Å²) in [6.07, 6.45) is 0.727. The molecule has 0 aromatic heterocycles. The van der Waals surface area contributed by atoms with Gasteiger partial charge in [0.2, 0.25) is 0 Å². The molecule has 3 N–H and O–H groups in total. The molecule has 0 bridgehead atoms. The lowest BCUT2D eigenvalue weighted by atomic mass is 10.1. The zero-order chi connectivity index (χ0) is 13.0. The summed E-state index contributed by atoms with van der Waals surface area (Å²) < 4.78 is 5.29. The Hall–Kier alpha value is -1.59. The average molecular weight is 250 g/mol. The third kappa shape index (κ3) is 3.21. The van der Waals surface area contributed by atoms with Gasteiger partial charge in [-0.1, -0.05) is 6.07 Å². The fraction of sp³-hybridized carbons (Fsp3) is 0.462. The van der Waals surface area contributed by atoms with Crippen molar-refractivity contribution in [3.05, 3.63) is 23.8 Å². The molecule has 1 aliphatic heterocycles. The quantitative estimate of drug-likeness (QED) is 0.725. The molecule has 2 rings (SSSR count). The number of hydrogen-bond donors (Lipinski definition) is 3. The predicted molar refractivity (Wildman–Crippen MR) is 68.6 cm³/mol. The Labute approximate surface area is 106 Å². The van der Waals surface area contributed by atoms with Crippen LogP contribution in [0.5, 0.6) is 5.75 Å². The van der Waals surface area contributed by atoms with E-state index in [1.807, 2.05) is 25.1 Å². The summed E-state index contributed by atoms with van der Waals surface area (Å²) in [7, 11) is 0. The smallest absolute Gasteiger partial charge is 0.262 e. The molecule has 1 aromatic carbocycles. The van der Waals surface area contributed by atoms with Gasteiger partial charge in [0.25, 0.3) is 5.91 Å². The summed E-state index contributed by atoms with van der Waals surface area (Å²) in [6.45, 7) is 2.99. The maximum absolute atomic E-state index is 11.2. The number of aliphatic hydroxyl groups is 1. The first-order valence-electron chi connectivity index (χ1n) is 6.09. The molecule has 0 spiro atoms. The molecule has 1 atom stereocenters. The van der Waals surface area contributed by atoms with Crippen molar-refractivity contribution in [3.8, 4) is 5.75 Å². The van der Waals surface area contributed by atoms with E-state index in [-0.39, 0.29) is 25.2 Å². The van der Waals surface area contributed by atoms with Crippen LogP contribution < -0.4 is 15.4 Å². The molecule has 0 aliphatic carbocycles. The molecule has 1 heterocycles. The Morgan fingerprint density at radius 2 is 2.39 bits per heavy atom. The number of ether oxygens (including phenoxy) is 1. The zero-order valence-corrected chi connectivity index (χ0v) is 10.4. The van der Waals surface area contributed by atoms with Gasteiger partial charge in [-0.05, 0) is 31.0 Å². The number of rotatable bonds is 5. The zero-order valence-electron chi connectivity index (χ0n) is 10.4. The van der Waals surface area contributed by atoms with E-state index >= 15 is 0 Å². The third-order valence-corrected chi connectivity index (χ3v) is 2.89. The van der Waals surface area contributed by atoms with Crippen LogP contribution in [0.3, 0.4) is 0 Å². The Kier molecular flexibility index (Phi) is 4.17. The number of amides is 1. The van der Waals surface area contributed by atoms with Crippen molar-refractivity contribution in [3.63, 3.8) is 0 Å². The number of carbonyl (C=O) groups excluding carboxylic acids is 1. The highest BCUT2D eigenvalue weighted by atomic mass is 16.5. The summed E-state index contributed by atoms with van der Waals surface area (Å²) >= 11 is 0. The van der Waals surface area contributed by atoms with Crippen molar-refractivity contribution in [2.45, 2.75) is 25.9 Å². The lowest BCUT2D eigenvalue weighted by Crippen LogP contribution is -2.27. The Morgan fingerprint density at radius 1 is 1.56 bits per heavy atom. The van der Waals surface area contributed by atoms with E-state index in [0.717, 1.165) is 17.7 Å². The second kappa shape index (κ2) is 5.84. The Balaban J connectivity index is 1.98. The van der Waals surface area contributed by atoms with Crippen molar-refractivity contribution in [2.24, 2.45) is 0 Å². The lowest BCUT2D eigenvalue weighted by Gasteiger charge is -2.19. The molecular weight excluding hydrogens is 232 g/mol. The molecule has 1 unspecified atom stereocenters. The number of carbonyl (C=O) groups is 1. The van der Waals surface area contributed by atoms with Crippen molar-refractivity contribution < 1.29 is 14.6 Å². The van der Waals surface area contributed by atoms with Gasteiger partial charge < -0.3 is 20.5 Å². The van der Waals surface area contributed by atoms with Gasteiger partial charge in [-0.2, -0.15) is 0 Å². The van der Waals surface area contributed by atoms with Crippen LogP contribution in [0.2, 0.25) is 0 Å². The van der Waals surface area contributed by atoms with Crippen molar-refractivity contribution in [2.75, 3.05) is 18.5 Å². The minimum absolute atomic E-state index is 0.0815. The summed E-state index contributed by atoms with van der Waals surface area (Å²) in [5.41, 5.74) is 1.80. The summed E-state index contributed by atoms with van der Waals surface area (Å²) in [5.74, 6) is 0.586. The molecule has 5 heteroatoms. The molecule has 0 saturated heterocycles. The van der Waals surface area contributed by atoms with E-state index in [4.69, 9.17) is 9.84 Å². The first-order valence-corrected chi connectivity index (χ1v) is 6.09. The fourth-order valence-corrected chi connectivity index (χ4v) is 1.83. The first-order chi connectivity index (χ1) is 8.69. The number of anilines is 1. The SMILES string of the molecule is CC(CCO)NCc1ccc2c(c1)NC(=O)CO2. The molecule has 0 fully saturated rings. The van der Waals surface area contributed by atoms with Crippen LogP contribution in [0.25, 0.3) is 0 Å². The number of hydrogen-bond acceptors (Lipinski definition) is 4. The largest absolute Gasteiger partial charge is 0.482 e. The highest BCUT2D eigenvalue weighted by molar-refractivity contribution is 5.95. The van der Waals surface area contributed by atoms with Gasteiger partial charge in [0.05, 0.1) is 5.69 Å². The van der Waals surface area contributed by atoms with Crippen LogP contribution in [0, 0.1) is 0 Å². The van der Waals surface area contributed by atoms with Crippen molar-refractivity contribution in [1.82, 2.24) is 5.32 Å². The van der Waals surface area contributed by atoms with Crippen molar-refractivity contribution in [1.29, 1.82) is 0 Å². The van der Waals surface area contributed by atoms with Crippen molar-refractivity contribution >= 4 is 11.6 Å². The van der Waals surface area contributed by atoms with Gasteiger partial charge in [-0.15, -0.1) is 0 Å². The number of benzene rings is 1. The molecular formula is C13H18N2O3. The van der Waals surface area contributed by atoms with E-state index in [1.54, 1.807) is 0 Å². The minimum atomic E-state index is -0.124. The molecule has 18 heavy (non-hydrogen) atoms. The number of aliphatic hydroxyl groups excluding tert-OH is 1. The van der Waals surface area contributed by atoms with Crippen LogP contribution in [0.4, 0.5) is 5.69 Å². The predicted octanol–water partition coefficient (Wildman–Crippen LogP) is 0.878.